The number of aryl methyl sites for hydroxylation is 3. The van der Waals surface area contributed by atoms with E-state index in [1.54, 1.807) is 24.3 Å². The fraction of sp³-hybridized carbons (Fsp3) is 0.200. The number of carbonyl (C=O) groups excluding carboxylic acids is 1. The Kier molecular flexibility index (Phi) is 5.17. The summed E-state index contributed by atoms with van der Waals surface area (Å²) in [5.74, 6) is 1.74. The number of furan rings is 1. The number of benzene rings is 2. The van der Waals surface area contributed by atoms with Crippen LogP contribution in [0, 0.1) is 6.92 Å². The zero-order valence-corrected chi connectivity index (χ0v) is 19.0. The Labute approximate surface area is 191 Å². The molecule has 1 amide bonds. The summed E-state index contributed by atoms with van der Waals surface area (Å²) < 4.78 is 35.2. The molecule has 0 saturated carbocycles. The van der Waals surface area contributed by atoms with Crippen LogP contribution in [0.1, 0.15) is 33.8 Å². The van der Waals surface area contributed by atoms with E-state index in [9.17, 15) is 13.2 Å². The standard InChI is InChI=1S/C25H22N2O5S/c1-15-12-20-22(31-15)13-17(25(28)27-24-11-6-16-4-3-5-21(16)26-24)14-23(20)32-18-7-9-19(10-8-18)33(2,29)30/h6-14H,3-5H2,1-2H3,(H,26,27,28). The molecule has 0 saturated heterocycles. The topological polar surface area (TPSA) is 98.5 Å². The molecular weight excluding hydrogens is 440 g/mol. The quantitative estimate of drug-likeness (QED) is 0.444. The van der Waals surface area contributed by atoms with Crippen LogP contribution in [0.4, 0.5) is 5.82 Å². The van der Waals surface area contributed by atoms with Crippen LogP contribution in [0.3, 0.4) is 0 Å². The number of pyridine rings is 1. The second-order valence-electron chi connectivity index (χ2n) is 8.20. The summed E-state index contributed by atoms with van der Waals surface area (Å²) in [6, 6.07) is 15.1. The lowest BCUT2D eigenvalue weighted by Crippen LogP contribution is -2.13. The van der Waals surface area contributed by atoms with Crippen molar-refractivity contribution in [2.45, 2.75) is 31.1 Å². The zero-order chi connectivity index (χ0) is 23.2. The van der Waals surface area contributed by atoms with E-state index in [1.807, 2.05) is 25.1 Å². The van der Waals surface area contributed by atoms with Crippen molar-refractivity contribution < 1.29 is 22.4 Å². The van der Waals surface area contributed by atoms with Crippen LogP contribution in [0.5, 0.6) is 11.5 Å². The molecule has 2 heterocycles. The molecule has 0 aliphatic heterocycles. The average molecular weight is 463 g/mol. The van der Waals surface area contributed by atoms with Gasteiger partial charge in [-0.05, 0) is 80.3 Å². The van der Waals surface area contributed by atoms with Crippen LogP contribution < -0.4 is 10.1 Å². The van der Waals surface area contributed by atoms with Crippen molar-refractivity contribution in [3.05, 3.63) is 77.2 Å². The molecule has 5 rings (SSSR count). The molecule has 168 valence electrons. The van der Waals surface area contributed by atoms with Gasteiger partial charge in [0.15, 0.2) is 9.84 Å². The van der Waals surface area contributed by atoms with Crippen LogP contribution >= 0.6 is 0 Å². The molecule has 7 nitrogen and oxygen atoms in total. The van der Waals surface area contributed by atoms with Crippen LogP contribution in [0.2, 0.25) is 0 Å². The molecule has 0 spiro atoms. The van der Waals surface area contributed by atoms with Gasteiger partial charge in [0.05, 0.1) is 10.3 Å². The Morgan fingerprint density at radius 3 is 2.61 bits per heavy atom. The maximum atomic E-state index is 13.0. The smallest absolute Gasteiger partial charge is 0.257 e. The maximum absolute atomic E-state index is 13.0. The minimum atomic E-state index is -3.30. The van der Waals surface area contributed by atoms with Gasteiger partial charge in [-0.3, -0.25) is 4.79 Å². The van der Waals surface area contributed by atoms with Gasteiger partial charge in [0.25, 0.3) is 5.91 Å². The molecular formula is C25H22N2O5S. The molecule has 0 unspecified atom stereocenters. The largest absolute Gasteiger partial charge is 0.461 e. The van der Waals surface area contributed by atoms with Gasteiger partial charge in [0, 0.05) is 17.5 Å². The van der Waals surface area contributed by atoms with Gasteiger partial charge >= 0.3 is 0 Å². The highest BCUT2D eigenvalue weighted by Gasteiger charge is 2.18. The van der Waals surface area contributed by atoms with E-state index < -0.39 is 9.84 Å². The number of hydrogen-bond donors (Lipinski definition) is 1. The number of fused-ring (bicyclic) bond motifs is 2. The first-order valence-corrected chi connectivity index (χ1v) is 12.5. The highest BCUT2D eigenvalue weighted by molar-refractivity contribution is 7.90. The SMILES string of the molecule is Cc1cc2c(Oc3ccc(S(C)(=O)=O)cc3)cc(C(=O)Nc3ccc4c(n3)CCC4)cc2o1. The summed E-state index contributed by atoms with van der Waals surface area (Å²) in [6.45, 7) is 1.82. The Hall–Kier alpha value is -3.65. The molecule has 0 radical (unpaired) electrons. The van der Waals surface area contributed by atoms with Gasteiger partial charge in [-0.15, -0.1) is 0 Å². The molecule has 0 atom stereocenters. The summed E-state index contributed by atoms with van der Waals surface area (Å²) in [5.41, 5.74) is 3.15. The fourth-order valence-electron chi connectivity index (χ4n) is 4.01. The van der Waals surface area contributed by atoms with Crippen LogP contribution in [0.15, 0.2) is 63.9 Å². The summed E-state index contributed by atoms with van der Waals surface area (Å²) in [7, 11) is -3.30. The zero-order valence-electron chi connectivity index (χ0n) is 18.2. The van der Waals surface area contributed by atoms with Gasteiger partial charge < -0.3 is 14.5 Å². The first-order chi connectivity index (χ1) is 15.8. The van der Waals surface area contributed by atoms with Crippen molar-refractivity contribution in [2.24, 2.45) is 0 Å². The number of hydrogen-bond acceptors (Lipinski definition) is 6. The van der Waals surface area contributed by atoms with E-state index in [-0.39, 0.29) is 10.8 Å². The lowest BCUT2D eigenvalue weighted by Gasteiger charge is -2.11. The molecule has 1 aliphatic carbocycles. The first kappa shape index (κ1) is 21.2. The number of anilines is 1. The molecule has 0 bridgehead atoms. The van der Waals surface area contributed by atoms with Crippen molar-refractivity contribution in [3.8, 4) is 11.5 Å². The minimum Gasteiger partial charge on any atom is -0.461 e. The number of rotatable bonds is 5. The summed E-state index contributed by atoms with van der Waals surface area (Å²) in [6.07, 6.45) is 4.18. The lowest BCUT2D eigenvalue weighted by atomic mass is 10.1. The predicted octanol–water partition coefficient (Wildman–Crippen LogP) is 5.07. The summed E-state index contributed by atoms with van der Waals surface area (Å²) in [5, 5.41) is 3.58. The number of ether oxygens (including phenoxy) is 1. The normalized spacial score (nSPS) is 13.2. The number of nitrogens with one attached hydrogen (secondary N) is 1. The third-order valence-corrected chi connectivity index (χ3v) is 6.76. The van der Waals surface area contributed by atoms with Crippen molar-refractivity contribution in [2.75, 3.05) is 11.6 Å². The van der Waals surface area contributed by atoms with E-state index in [1.165, 1.54) is 17.7 Å². The Balaban J connectivity index is 1.46. The van der Waals surface area contributed by atoms with Gasteiger partial charge in [-0.2, -0.15) is 0 Å². The first-order valence-electron chi connectivity index (χ1n) is 10.6. The molecule has 4 aromatic rings. The number of amides is 1. The maximum Gasteiger partial charge on any atom is 0.257 e. The van der Waals surface area contributed by atoms with E-state index in [2.05, 4.69) is 10.3 Å². The molecule has 2 aromatic carbocycles. The van der Waals surface area contributed by atoms with E-state index >= 15 is 0 Å². The van der Waals surface area contributed by atoms with E-state index in [0.717, 1.165) is 31.2 Å². The van der Waals surface area contributed by atoms with Gasteiger partial charge in [0.2, 0.25) is 0 Å². The number of carbonyl (C=O) groups is 1. The number of aromatic nitrogens is 1. The molecule has 1 N–H and O–H groups in total. The molecule has 2 aromatic heterocycles. The van der Waals surface area contributed by atoms with Gasteiger partial charge in [-0.25, -0.2) is 13.4 Å². The minimum absolute atomic E-state index is 0.203. The summed E-state index contributed by atoms with van der Waals surface area (Å²) >= 11 is 0. The molecule has 33 heavy (non-hydrogen) atoms. The third kappa shape index (κ3) is 4.34. The number of nitrogens with zero attached hydrogens (tertiary/aromatic N) is 1. The second kappa shape index (κ2) is 8.04. The van der Waals surface area contributed by atoms with Crippen LogP contribution in [-0.2, 0) is 22.7 Å². The Morgan fingerprint density at radius 1 is 1.06 bits per heavy atom. The Bertz CT molecular complexity index is 1490. The second-order valence-corrected chi connectivity index (χ2v) is 10.2. The Morgan fingerprint density at radius 2 is 1.85 bits per heavy atom. The summed E-state index contributed by atoms with van der Waals surface area (Å²) in [4.78, 5) is 17.8. The van der Waals surface area contributed by atoms with Crippen molar-refractivity contribution >= 4 is 32.5 Å². The molecule has 0 fully saturated rings. The molecule has 1 aliphatic rings. The highest BCUT2D eigenvalue weighted by atomic mass is 32.2. The number of sulfone groups is 1. The fourth-order valence-corrected chi connectivity index (χ4v) is 4.64. The highest BCUT2D eigenvalue weighted by Crippen LogP contribution is 2.34. The lowest BCUT2D eigenvalue weighted by molar-refractivity contribution is 0.102. The average Bonchev–Trinajstić information content (AvgIpc) is 3.38. The van der Waals surface area contributed by atoms with E-state index in [0.29, 0.717) is 39.6 Å². The van der Waals surface area contributed by atoms with Gasteiger partial charge in [0.1, 0.15) is 28.7 Å². The van der Waals surface area contributed by atoms with Crippen molar-refractivity contribution in [3.63, 3.8) is 0 Å². The molecule has 8 heteroatoms. The van der Waals surface area contributed by atoms with Crippen LogP contribution in [0.25, 0.3) is 11.0 Å². The van der Waals surface area contributed by atoms with Crippen molar-refractivity contribution in [1.29, 1.82) is 0 Å². The van der Waals surface area contributed by atoms with Crippen LogP contribution in [-0.4, -0.2) is 25.6 Å². The predicted molar refractivity (Wildman–Crippen MR) is 125 cm³/mol. The van der Waals surface area contributed by atoms with E-state index in [4.69, 9.17) is 9.15 Å². The third-order valence-electron chi connectivity index (χ3n) is 5.63. The van der Waals surface area contributed by atoms with Gasteiger partial charge in [-0.1, -0.05) is 6.07 Å². The monoisotopic (exact) mass is 462 g/mol. The van der Waals surface area contributed by atoms with Crippen molar-refractivity contribution in [1.82, 2.24) is 4.98 Å².